The molecule has 0 spiro atoms. The van der Waals surface area contributed by atoms with Gasteiger partial charge in [-0.2, -0.15) is 0 Å². The number of nitrogens with zero attached hydrogens (tertiary/aromatic N) is 1. The molecule has 1 unspecified atom stereocenters. The van der Waals surface area contributed by atoms with E-state index in [2.05, 4.69) is 10.3 Å². The van der Waals surface area contributed by atoms with E-state index in [-0.39, 0.29) is 18.4 Å². The second kappa shape index (κ2) is 6.01. The summed E-state index contributed by atoms with van der Waals surface area (Å²) < 4.78 is 0. The molecule has 2 N–H and O–H groups in total. The van der Waals surface area contributed by atoms with Crippen LogP contribution in [0.3, 0.4) is 0 Å². The second-order valence-corrected chi connectivity index (χ2v) is 5.32. The molecule has 0 aliphatic heterocycles. The van der Waals surface area contributed by atoms with Gasteiger partial charge in [-0.15, -0.1) is 0 Å². The molecule has 1 heterocycles. The topological polar surface area (TPSA) is 62.2 Å². The highest BCUT2D eigenvalue weighted by Gasteiger charge is 2.12. The number of nitrogens with one attached hydrogen (secondary N) is 1. The molecule has 1 aromatic heterocycles. The molecule has 106 valence electrons. The van der Waals surface area contributed by atoms with Crippen molar-refractivity contribution in [2.75, 3.05) is 13.2 Å². The van der Waals surface area contributed by atoms with Crippen molar-refractivity contribution < 1.29 is 9.90 Å². The van der Waals surface area contributed by atoms with Crippen LogP contribution in [0.4, 0.5) is 0 Å². The molecular formula is C16H20N2O2. The van der Waals surface area contributed by atoms with Gasteiger partial charge in [0.2, 0.25) is 0 Å². The molecule has 0 fully saturated rings. The SMILES string of the molecule is Cc1ccc2nc(C)c(C(=O)NCC(C)CO)cc2c1. The van der Waals surface area contributed by atoms with E-state index in [1.807, 2.05) is 45.0 Å². The third kappa shape index (κ3) is 3.14. The van der Waals surface area contributed by atoms with E-state index in [4.69, 9.17) is 5.11 Å². The van der Waals surface area contributed by atoms with Gasteiger partial charge in [-0.3, -0.25) is 9.78 Å². The molecule has 20 heavy (non-hydrogen) atoms. The quantitative estimate of drug-likeness (QED) is 0.897. The Hall–Kier alpha value is -1.94. The van der Waals surface area contributed by atoms with Crippen molar-refractivity contribution in [2.45, 2.75) is 20.8 Å². The fourth-order valence-corrected chi connectivity index (χ4v) is 2.05. The average Bonchev–Trinajstić information content (AvgIpc) is 2.44. The minimum Gasteiger partial charge on any atom is -0.396 e. The number of carbonyl (C=O) groups is 1. The van der Waals surface area contributed by atoms with Crippen LogP contribution in [0.15, 0.2) is 24.3 Å². The molecule has 4 heteroatoms. The lowest BCUT2D eigenvalue weighted by Gasteiger charge is -2.11. The third-order valence-corrected chi connectivity index (χ3v) is 3.33. The van der Waals surface area contributed by atoms with Crippen LogP contribution in [0, 0.1) is 19.8 Å². The Morgan fingerprint density at radius 2 is 2.10 bits per heavy atom. The van der Waals surface area contributed by atoms with Crippen LogP contribution in [0.25, 0.3) is 10.9 Å². The molecule has 2 aromatic rings. The largest absolute Gasteiger partial charge is 0.396 e. The maximum Gasteiger partial charge on any atom is 0.253 e. The number of amides is 1. The number of pyridine rings is 1. The number of fused-ring (bicyclic) bond motifs is 1. The monoisotopic (exact) mass is 272 g/mol. The lowest BCUT2D eigenvalue weighted by molar-refractivity contribution is 0.0941. The van der Waals surface area contributed by atoms with Gasteiger partial charge in [0.05, 0.1) is 16.8 Å². The van der Waals surface area contributed by atoms with E-state index >= 15 is 0 Å². The molecule has 0 radical (unpaired) electrons. The molecule has 0 saturated heterocycles. The predicted octanol–water partition coefficient (Wildman–Crippen LogP) is 2.21. The van der Waals surface area contributed by atoms with Crippen LogP contribution in [0.1, 0.15) is 28.5 Å². The number of benzene rings is 1. The highest BCUT2D eigenvalue weighted by Crippen LogP contribution is 2.18. The normalized spacial score (nSPS) is 12.4. The van der Waals surface area contributed by atoms with E-state index in [0.717, 1.165) is 22.2 Å². The number of hydrogen-bond donors (Lipinski definition) is 2. The van der Waals surface area contributed by atoms with Crippen molar-refractivity contribution in [1.82, 2.24) is 10.3 Å². The lowest BCUT2D eigenvalue weighted by atomic mass is 10.1. The van der Waals surface area contributed by atoms with Crippen LogP contribution in [0.5, 0.6) is 0 Å². The summed E-state index contributed by atoms with van der Waals surface area (Å²) >= 11 is 0. The fraction of sp³-hybridized carbons (Fsp3) is 0.375. The number of rotatable bonds is 4. The van der Waals surface area contributed by atoms with Crippen LogP contribution in [0.2, 0.25) is 0 Å². The zero-order valence-corrected chi connectivity index (χ0v) is 12.1. The number of carbonyl (C=O) groups excluding carboxylic acids is 1. The lowest BCUT2D eigenvalue weighted by Crippen LogP contribution is -2.30. The summed E-state index contributed by atoms with van der Waals surface area (Å²) in [5.74, 6) is -0.0892. The van der Waals surface area contributed by atoms with E-state index < -0.39 is 0 Å². The summed E-state index contributed by atoms with van der Waals surface area (Å²) in [6, 6.07) is 7.88. The Morgan fingerprint density at radius 1 is 1.35 bits per heavy atom. The molecule has 0 aliphatic rings. The van der Waals surface area contributed by atoms with Crippen LogP contribution in [-0.4, -0.2) is 29.1 Å². The van der Waals surface area contributed by atoms with E-state index in [1.165, 1.54) is 0 Å². The third-order valence-electron chi connectivity index (χ3n) is 3.33. The summed E-state index contributed by atoms with van der Waals surface area (Å²) in [5, 5.41) is 12.8. The summed E-state index contributed by atoms with van der Waals surface area (Å²) in [6.45, 7) is 6.26. The minimum absolute atomic E-state index is 0.0508. The standard InChI is InChI=1S/C16H20N2O2/c1-10-4-5-15-13(6-10)7-14(12(3)18-15)16(20)17-8-11(2)9-19/h4-7,11,19H,8-9H2,1-3H3,(H,17,20). The molecule has 1 amide bonds. The van der Waals surface area contributed by atoms with Crippen LogP contribution < -0.4 is 5.32 Å². The Balaban J connectivity index is 2.29. The molecule has 0 saturated carbocycles. The van der Waals surface area contributed by atoms with Gasteiger partial charge in [0, 0.05) is 18.5 Å². The van der Waals surface area contributed by atoms with Gasteiger partial charge in [-0.05, 0) is 38.0 Å². The van der Waals surface area contributed by atoms with Crippen molar-refractivity contribution >= 4 is 16.8 Å². The number of aromatic nitrogens is 1. The first-order valence-electron chi connectivity index (χ1n) is 6.78. The number of aliphatic hydroxyl groups is 1. The highest BCUT2D eigenvalue weighted by atomic mass is 16.3. The summed E-state index contributed by atoms with van der Waals surface area (Å²) in [5.41, 5.74) is 3.35. The highest BCUT2D eigenvalue weighted by molar-refractivity contribution is 5.98. The number of aryl methyl sites for hydroxylation is 2. The second-order valence-electron chi connectivity index (χ2n) is 5.32. The Kier molecular flexibility index (Phi) is 4.35. The predicted molar refractivity (Wildman–Crippen MR) is 79.8 cm³/mol. The molecule has 0 aliphatic carbocycles. The van der Waals surface area contributed by atoms with Gasteiger partial charge in [0.25, 0.3) is 5.91 Å². The first-order chi connectivity index (χ1) is 9.51. The molecule has 4 nitrogen and oxygen atoms in total. The van der Waals surface area contributed by atoms with Crippen molar-refractivity contribution in [3.8, 4) is 0 Å². The first kappa shape index (κ1) is 14.5. The molecule has 1 aromatic carbocycles. The average molecular weight is 272 g/mol. The molecular weight excluding hydrogens is 252 g/mol. The van der Waals surface area contributed by atoms with Crippen LogP contribution in [-0.2, 0) is 0 Å². The summed E-state index contributed by atoms with van der Waals surface area (Å²) in [4.78, 5) is 16.7. The van der Waals surface area contributed by atoms with Gasteiger partial charge >= 0.3 is 0 Å². The van der Waals surface area contributed by atoms with E-state index in [9.17, 15) is 4.79 Å². The maximum atomic E-state index is 12.2. The first-order valence-corrected chi connectivity index (χ1v) is 6.78. The van der Waals surface area contributed by atoms with Gasteiger partial charge < -0.3 is 10.4 Å². The maximum absolute atomic E-state index is 12.2. The van der Waals surface area contributed by atoms with Gasteiger partial charge in [0.1, 0.15) is 0 Å². The number of aliphatic hydroxyl groups excluding tert-OH is 1. The zero-order chi connectivity index (χ0) is 14.7. The van der Waals surface area contributed by atoms with E-state index in [0.29, 0.717) is 12.1 Å². The Morgan fingerprint density at radius 3 is 2.80 bits per heavy atom. The number of hydrogen-bond acceptors (Lipinski definition) is 3. The molecule has 0 bridgehead atoms. The van der Waals surface area contributed by atoms with Gasteiger partial charge in [0.15, 0.2) is 0 Å². The van der Waals surface area contributed by atoms with Crippen molar-refractivity contribution in [1.29, 1.82) is 0 Å². The Labute approximate surface area is 118 Å². The van der Waals surface area contributed by atoms with Crippen molar-refractivity contribution in [2.24, 2.45) is 5.92 Å². The van der Waals surface area contributed by atoms with Gasteiger partial charge in [-0.25, -0.2) is 0 Å². The Bertz CT molecular complexity index is 638. The molecule has 2 rings (SSSR count). The summed E-state index contributed by atoms with van der Waals surface area (Å²) in [7, 11) is 0. The van der Waals surface area contributed by atoms with E-state index in [1.54, 1.807) is 0 Å². The molecule has 1 atom stereocenters. The fourth-order valence-electron chi connectivity index (χ4n) is 2.05. The van der Waals surface area contributed by atoms with Crippen molar-refractivity contribution in [3.05, 3.63) is 41.1 Å². The van der Waals surface area contributed by atoms with Crippen molar-refractivity contribution in [3.63, 3.8) is 0 Å². The summed E-state index contributed by atoms with van der Waals surface area (Å²) in [6.07, 6.45) is 0. The van der Waals surface area contributed by atoms with Gasteiger partial charge in [-0.1, -0.05) is 18.6 Å². The minimum atomic E-state index is -0.140. The van der Waals surface area contributed by atoms with Crippen LogP contribution >= 0.6 is 0 Å². The smallest absolute Gasteiger partial charge is 0.253 e. The zero-order valence-electron chi connectivity index (χ0n) is 12.1.